The van der Waals surface area contributed by atoms with Crippen LogP contribution in [0.5, 0.6) is 0 Å². The molecule has 29 heavy (non-hydrogen) atoms. The van der Waals surface area contributed by atoms with Crippen molar-refractivity contribution in [1.82, 2.24) is 14.8 Å². The molecule has 1 aromatic carbocycles. The molecule has 0 radical (unpaired) electrons. The van der Waals surface area contributed by atoms with Gasteiger partial charge in [-0.3, -0.25) is 4.79 Å². The van der Waals surface area contributed by atoms with E-state index in [9.17, 15) is 13.9 Å². The molecular weight excluding hydrogens is 386 g/mol. The van der Waals surface area contributed by atoms with Crippen LogP contribution in [-0.4, -0.2) is 56.8 Å². The summed E-state index contributed by atoms with van der Waals surface area (Å²) in [5.41, 5.74) is 6.57. The molecule has 160 valence electrons. The lowest BCUT2D eigenvalue weighted by Crippen LogP contribution is -2.41. The summed E-state index contributed by atoms with van der Waals surface area (Å²) >= 11 is 0. The van der Waals surface area contributed by atoms with Crippen molar-refractivity contribution in [3.8, 4) is 11.4 Å². The molecule has 10 heteroatoms. The molecule has 0 unspecified atom stereocenters. The molecular formula is C19H26F2N4O4. The first kappa shape index (κ1) is 22.9. The fourth-order valence-corrected chi connectivity index (χ4v) is 3.38. The number of carboxylic acids is 1. The van der Waals surface area contributed by atoms with Crippen LogP contribution in [0.15, 0.2) is 18.2 Å². The zero-order valence-electron chi connectivity index (χ0n) is 16.4. The lowest BCUT2D eigenvalue weighted by molar-refractivity contribution is -0.134. The molecule has 3 atom stereocenters. The second-order valence-electron chi connectivity index (χ2n) is 6.84. The minimum atomic E-state index is -0.944. The summed E-state index contributed by atoms with van der Waals surface area (Å²) in [7, 11) is 1.65. The molecule has 0 aliphatic heterocycles. The number of nitrogens with two attached hydrogens (primary N) is 1. The number of carboxylic acid groups (broad SMARTS) is 1. The van der Waals surface area contributed by atoms with E-state index >= 15 is 0 Å². The minimum Gasteiger partial charge on any atom is -0.481 e. The number of aliphatic carboxylic acids is 1. The zero-order valence-corrected chi connectivity index (χ0v) is 16.4. The first-order valence-corrected chi connectivity index (χ1v) is 9.25. The van der Waals surface area contributed by atoms with Crippen LogP contribution in [0.3, 0.4) is 0 Å². The maximum absolute atomic E-state index is 13.5. The highest BCUT2D eigenvalue weighted by molar-refractivity contribution is 5.63. The van der Waals surface area contributed by atoms with Crippen LogP contribution >= 0.6 is 0 Å². The van der Waals surface area contributed by atoms with Crippen LogP contribution < -0.4 is 5.73 Å². The Hall–Kier alpha value is -2.43. The average Bonchev–Trinajstić information content (AvgIpc) is 3.08. The molecule has 0 amide bonds. The van der Waals surface area contributed by atoms with Gasteiger partial charge in [-0.25, -0.2) is 18.4 Å². The molecule has 1 saturated carbocycles. The van der Waals surface area contributed by atoms with Gasteiger partial charge in [0.1, 0.15) is 5.82 Å². The van der Waals surface area contributed by atoms with E-state index in [2.05, 4.69) is 10.1 Å². The fraction of sp³-hybridized carbons (Fsp3) is 0.526. The lowest BCUT2D eigenvalue weighted by atomic mass is 9.83. The van der Waals surface area contributed by atoms with Gasteiger partial charge in [0.25, 0.3) is 5.97 Å². The molecule has 8 nitrogen and oxygen atoms in total. The van der Waals surface area contributed by atoms with Gasteiger partial charge >= 0.3 is 0 Å². The van der Waals surface area contributed by atoms with E-state index < -0.39 is 17.6 Å². The van der Waals surface area contributed by atoms with Crippen molar-refractivity contribution in [3.63, 3.8) is 0 Å². The molecule has 4 N–H and O–H groups in total. The van der Waals surface area contributed by atoms with E-state index in [1.165, 1.54) is 6.07 Å². The second kappa shape index (κ2) is 10.4. The first-order valence-electron chi connectivity index (χ1n) is 9.25. The number of hydrogen-bond donors (Lipinski definition) is 3. The number of carbonyl (C=O) groups is 1. The van der Waals surface area contributed by atoms with Gasteiger partial charge in [0, 0.05) is 31.6 Å². The van der Waals surface area contributed by atoms with E-state index in [1.807, 2.05) is 0 Å². The van der Waals surface area contributed by atoms with Gasteiger partial charge < -0.3 is 20.7 Å². The fourth-order valence-electron chi connectivity index (χ4n) is 3.38. The van der Waals surface area contributed by atoms with Crippen LogP contribution in [0.1, 0.15) is 37.9 Å². The molecule has 0 bridgehead atoms. The summed E-state index contributed by atoms with van der Waals surface area (Å²) in [6.07, 6.45) is 2.37. The van der Waals surface area contributed by atoms with Gasteiger partial charge in [0.05, 0.1) is 19.3 Å². The standard InChI is InChI=1S/C17H22F2N4O2.C2H4O2/c1-25-15-5-3-11(9-14(15)20)17-21-16(22-23(17)6-7-24)10-2-4-12(18)13(19)8-10;1-2(3)4/h2,4,8,11,14-15,24H,3,5-7,9,20H2,1H3;1H3,(H,3,4)/t11-,14+,15+;/m0./s1. The topological polar surface area (TPSA) is 123 Å². The predicted octanol–water partition coefficient (Wildman–Crippen LogP) is 1.92. The van der Waals surface area contributed by atoms with E-state index in [0.29, 0.717) is 23.6 Å². The molecule has 1 aliphatic rings. The van der Waals surface area contributed by atoms with Crippen LogP contribution in [0.2, 0.25) is 0 Å². The number of aliphatic hydroxyl groups is 1. The van der Waals surface area contributed by atoms with Crippen molar-refractivity contribution in [2.45, 2.75) is 50.8 Å². The number of aromatic nitrogens is 3. The van der Waals surface area contributed by atoms with Crippen molar-refractivity contribution < 1.29 is 28.5 Å². The third kappa shape index (κ3) is 6.02. The minimum absolute atomic E-state index is 0.0242. The van der Waals surface area contributed by atoms with Crippen LogP contribution in [-0.2, 0) is 16.1 Å². The van der Waals surface area contributed by atoms with Crippen molar-refractivity contribution in [1.29, 1.82) is 0 Å². The Morgan fingerprint density at radius 1 is 1.34 bits per heavy atom. The summed E-state index contributed by atoms with van der Waals surface area (Å²) in [6.45, 7) is 1.28. The number of hydrogen-bond acceptors (Lipinski definition) is 6. The predicted molar refractivity (Wildman–Crippen MR) is 101 cm³/mol. The van der Waals surface area contributed by atoms with E-state index in [-0.39, 0.29) is 31.2 Å². The van der Waals surface area contributed by atoms with Crippen molar-refractivity contribution in [3.05, 3.63) is 35.7 Å². The molecule has 1 heterocycles. The second-order valence-corrected chi connectivity index (χ2v) is 6.84. The number of halogens is 2. The van der Waals surface area contributed by atoms with Crippen molar-refractivity contribution in [2.24, 2.45) is 5.73 Å². The highest BCUT2D eigenvalue weighted by Crippen LogP contribution is 2.33. The SMILES string of the molecule is CC(=O)O.CO[C@@H]1CC[C@H](c2nc(-c3ccc(F)c(F)c3)nn2CCO)C[C@H]1N. The average molecular weight is 412 g/mol. The lowest BCUT2D eigenvalue weighted by Gasteiger charge is -2.32. The van der Waals surface area contributed by atoms with Gasteiger partial charge in [-0.1, -0.05) is 0 Å². The Bertz CT molecular complexity index is 827. The molecule has 0 saturated heterocycles. The number of benzene rings is 1. The number of aliphatic hydroxyl groups excluding tert-OH is 1. The molecule has 1 aromatic heterocycles. The Morgan fingerprint density at radius 3 is 2.59 bits per heavy atom. The maximum atomic E-state index is 13.5. The monoisotopic (exact) mass is 412 g/mol. The van der Waals surface area contributed by atoms with Crippen molar-refractivity contribution >= 4 is 5.97 Å². The third-order valence-corrected chi connectivity index (χ3v) is 4.69. The number of ether oxygens (including phenoxy) is 1. The Morgan fingerprint density at radius 2 is 2.03 bits per heavy atom. The smallest absolute Gasteiger partial charge is 0.300 e. The molecule has 1 fully saturated rings. The quantitative estimate of drug-likeness (QED) is 0.685. The Kier molecular flexibility index (Phi) is 8.18. The van der Waals surface area contributed by atoms with Gasteiger partial charge in [0.2, 0.25) is 0 Å². The molecule has 0 spiro atoms. The normalized spacial score (nSPS) is 21.4. The van der Waals surface area contributed by atoms with Gasteiger partial charge in [-0.05, 0) is 37.5 Å². The van der Waals surface area contributed by atoms with Crippen LogP contribution in [0.4, 0.5) is 8.78 Å². The first-order chi connectivity index (χ1) is 13.8. The molecule has 3 rings (SSSR count). The maximum Gasteiger partial charge on any atom is 0.300 e. The highest BCUT2D eigenvalue weighted by atomic mass is 19.2. The zero-order chi connectivity index (χ0) is 21.6. The summed E-state index contributed by atoms with van der Waals surface area (Å²) in [5, 5.41) is 21.1. The van der Waals surface area contributed by atoms with Crippen LogP contribution in [0.25, 0.3) is 11.4 Å². The summed E-state index contributed by atoms with van der Waals surface area (Å²) in [5.74, 6) is -1.59. The Labute approximate surface area is 167 Å². The number of methoxy groups -OCH3 is 1. The Balaban J connectivity index is 0.000000687. The van der Waals surface area contributed by atoms with Gasteiger partial charge in [0.15, 0.2) is 17.5 Å². The number of nitrogens with zero attached hydrogens (tertiary/aromatic N) is 3. The number of rotatable bonds is 5. The van der Waals surface area contributed by atoms with Crippen molar-refractivity contribution in [2.75, 3.05) is 13.7 Å². The largest absolute Gasteiger partial charge is 0.481 e. The van der Waals surface area contributed by atoms with E-state index in [1.54, 1.807) is 11.8 Å². The summed E-state index contributed by atoms with van der Waals surface area (Å²) in [6, 6.07) is 3.46. The van der Waals surface area contributed by atoms with Gasteiger partial charge in [-0.15, -0.1) is 0 Å². The van der Waals surface area contributed by atoms with Gasteiger partial charge in [-0.2, -0.15) is 5.10 Å². The molecule has 2 aromatic rings. The molecule has 1 aliphatic carbocycles. The van der Waals surface area contributed by atoms with Crippen LogP contribution in [0, 0.1) is 11.6 Å². The van der Waals surface area contributed by atoms with E-state index in [4.69, 9.17) is 20.4 Å². The highest BCUT2D eigenvalue weighted by Gasteiger charge is 2.32. The summed E-state index contributed by atoms with van der Waals surface area (Å²) in [4.78, 5) is 13.5. The summed E-state index contributed by atoms with van der Waals surface area (Å²) < 4.78 is 33.6. The van der Waals surface area contributed by atoms with E-state index in [0.717, 1.165) is 31.9 Å². The third-order valence-electron chi connectivity index (χ3n) is 4.69.